The molecule has 0 atom stereocenters. The maximum Gasteiger partial charge on any atom is 0.353 e. The molecule has 0 aliphatic carbocycles. The molecule has 1 aliphatic rings. The number of rotatable bonds is 6. The van der Waals surface area contributed by atoms with Crippen LogP contribution in [0.1, 0.15) is 0 Å². The van der Waals surface area contributed by atoms with Crippen LogP contribution in [0.25, 0.3) is 0 Å². The van der Waals surface area contributed by atoms with Crippen molar-refractivity contribution in [3.63, 3.8) is 0 Å². The fourth-order valence-electron chi connectivity index (χ4n) is 2.75. The van der Waals surface area contributed by atoms with Crippen molar-refractivity contribution in [1.29, 1.82) is 0 Å². The zero-order valence-electron chi connectivity index (χ0n) is 15.0. The number of hydrogen-bond acceptors (Lipinski definition) is 9. The molecule has 0 bridgehead atoms. The second kappa shape index (κ2) is 7.68. The predicted octanol–water partition coefficient (Wildman–Crippen LogP) is 4.26. The summed E-state index contributed by atoms with van der Waals surface area (Å²) in [7, 11) is 1.48. The van der Waals surface area contributed by atoms with E-state index in [9.17, 15) is 10.1 Å². The SMILES string of the molecule is COc1ccc(Cl)cc1Nc1ncnc(Nc2ccc3c(c2)OCO3)c1[N+](=O)[O-]. The summed E-state index contributed by atoms with van der Waals surface area (Å²) in [6.45, 7) is 0.127. The Bertz CT molecular complexity index is 1090. The molecule has 0 radical (unpaired) electrons. The van der Waals surface area contributed by atoms with Gasteiger partial charge in [-0.2, -0.15) is 0 Å². The molecular formula is C18H14ClN5O5. The predicted molar refractivity (Wildman–Crippen MR) is 106 cm³/mol. The molecule has 3 aromatic rings. The summed E-state index contributed by atoms with van der Waals surface area (Å²) in [5.41, 5.74) is 0.630. The van der Waals surface area contributed by atoms with Crippen molar-refractivity contribution in [2.45, 2.75) is 0 Å². The van der Waals surface area contributed by atoms with Gasteiger partial charge in [-0.15, -0.1) is 0 Å². The van der Waals surface area contributed by atoms with Crippen LogP contribution in [-0.2, 0) is 0 Å². The molecule has 29 heavy (non-hydrogen) atoms. The average Bonchev–Trinajstić information content (AvgIpc) is 3.16. The lowest BCUT2D eigenvalue weighted by Gasteiger charge is -2.13. The minimum absolute atomic E-state index is 0.00682. The van der Waals surface area contributed by atoms with Gasteiger partial charge in [0.15, 0.2) is 11.5 Å². The van der Waals surface area contributed by atoms with E-state index in [0.717, 1.165) is 0 Å². The Kier molecular flexibility index (Phi) is 4.92. The molecule has 0 fully saturated rings. The standard InChI is InChI=1S/C18H14ClN5O5/c1-27-13-4-2-10(19)6-12(13)23-18-16(24(25)26)17(20-8-21-18)22-11-3-5-14-15(7-11)29-9-28-14/h2-8H,9H2,1H3,(H2,20,21,22,23). The largest absolute Gasteiger partial charge is 0.495 e. The van der Waals surface area contributed by atoms with E-state index in [1.54, 1.807) is 36.4 Å². The van der Waals surface area contributed by atoms with Gasteiger partial charge in [-0.1, -0.05) is 11.6 Å². The van der Waals surface area contributed by atoms with E-state index in [1.165, 1.54) is 13.4 Å². The Hall–Kier alpha value is -3.79. The van der Waals surface area contributed by atoms with E-state index in [4.69, 9.17) is 25.8 Å². The number of aromatic nitrogens is 2. The Morgan fingerprint density at radius 3 is 2.62 bits per heavy atom. The number of benzene rings is 2. The second-order valence-corrected chi connectivity index (χ2v) is 6.28. The molecular weight excluding hydrogens is 402 g/mol. The lowest BCUT2D eigenvalue weighted by atomic mass is 10.2. The van der Waals surface area contributed by atoms with Crippen LogP contribution in [0.3, 0.4) is 0 Å². The highest BCUT2D eigenvalue weighted by molar-refractivity contribution is 6.31. The molecule has 10 nitrogen and oxygen atoms in total. The maximum atomic E-state index is 11.8. The zero-order valence-corrected chi connectivity index (χ0v) is 15.8. The highest BCUT2D eigenvalue weighted by Crippen LogP contribution is 2.38. The Morgan fingerprint density at radius 2 is 1.86 bits per heavy atom. The topological polar surface area (TPSA) is 121 Å². The van der Waals surface area contributed by atoms with E-state index in [1.807, 2.05) is 0 Å². The summed E-state index contributed by atoms with van der Waals surface area (Å²) in [6.07, 6.45) is 1.21. The first-order valence-electron chi connectivity index (χ1n) is 8.32. The molecule has 148 valence electrons. The summed E-state index contributed by atoms with van der Waals surface area (Å²) in [6, 6.07) is 9.94. The third kappa shape index (κ3) is 3.78. The minimum Gasteiger partial charge on any atom is -0.495 e. The number of nitro groups is 1. The first-order chi connectivity index (χ1) is 14.0. The average molecular weight is 416 g/mol. The van der Waals surface area contributed by atoms with Crippen LogP contribution in [-0.4, -0.2) is 28.8 Å². The third-order valence-corrected chi connectivity index (χ3v) is 4.29. The van der Waals surface area contributed by atoms with Crippen LogP contribution in [0.5, 0.6) is 17.2 Å². The molecule has 0 unspecified atom stereocenters. The molecule has 0 saturated heterocycles. The summed E-state index contributed by atoms with van der Waals surface area (Å²) >= 11 is 6.03. The van der Waals surface area contributed by atoms with Gasteiger partial charge in [0, 0.05) is 16.8 Å². The van der Waals surface area contributed by atoms with E-state index in [-0.39, 0.29) is 24.1 Å². The van der Waals surface area contributed by atoms with Gasteiger partial charge in [0.2, 0.25) is 18.4 Å². The fraction of sp³-hybridized carbons (Fsp3) is 0.111. The van der Waals surface area contributed by atoms with Crippen LogP contribution in [0.15, 0.2) is 42.7 Å². The minimum atomic E-state index is -0.575. The molecule has 2 heterocycles. The number of nitrogens with one attached hydrogen (secondary N) is 2. The molecule has 1 aromatic heterocycles. The van der Waals surface area contributed by atoms with Crippen molar-refractivity contribution in [1.82, 2.24) is 9.97 Å². The first-order valence-corrected chi connectivity index (χ1v) is 8.69. The smallest absolute Gasteiger partial charge is 0.353 e. The summed E-state index contributed by atoms with van der Waals surface area (Å²) in [5.74, 6) is 1.57. The van der Waals surface area contributed by atoms with Gasteiger partial charge in [-0.05, 0) is 30.3 Å². The highest BCUT2D eigenvalue weighted by Gasteiger charge is 2.25. The molecule has 0 spiro atoms. The lowest BCUT2D eigenvalue weighted by Crippen LogP contribution is -2.06. The number of hydrogen-bond donors (Lipinski definition) is 2. The van der Waals surface area contributed by atoms with Gasteiger partial charge in [-0.25, -0.2) is 9.97 Å². The van der Waals surface area contributed by atoms with E-state index in [0.29, 0.717) is 33.6 Å². The summed E-state index contributed by atoms with van der Waals surface area (Å²) < 4.78 is 15.9. The van der Waals surface area contributed by atoms with E-state index in [2.05, 4.69) is 20.6 Å². The normalized spacial score (nSPS) is 11.8. The molecule has 1 aliphatic heterocycles. The van der Waals surface area contributed by atoms with Crippen molar-refractivity contribution < 1.29 is 19.1 Å². The van der Waals surface area contributed by atoms with Gasteiger partial charge < -0.3 is 24.8 Å². The molecule has 11 heteroatoms. The Labute approximate surface area is 169 Å². The number of fused-ring (bicyclic) bond motifs is 1. The second-order valence-electron chi connectivity index (χ2n) is 5.84. The first kappa shape index (κ1) is 18.6. The maximum absolute atomic E-state index is 11.8. The number of ether oxygens (including phenoxy) is 3. The van der Waals surface area contributed by atoms with Crippen molar-refractivity contribution in [2.75, 3.05) is 24.5 Å². The van der Waals surface area contributed by atoms with Crippen molar-refractivity contribution in [3.8, 4) is 17.2 Å². The number of methoxy groups -OCH3 is 1. The lowest BCUT2D eigenvalue weighted by molar-refractivity contribution is -0.383. The van der Waals surface area contributed by atoms with Crippen LogP contribution < -0.4 is 24.8 Å². The van der Waals surface area contributed by atoms with Crippen LogP contribution in [0.4, 0.5) is 28.7 Å². The summed E-state index contributed by atoms with van der Waals surface area (Å²) in [5, 5.41) is 18.0. The molecule has 4 rings (SSSR count). The fourth-order valence-corrected chi connectivity index (χ4v) is 2.92. The molecule has 0 saturated carbocycles. The van der Waals surface area contributed by atoms with Crippen molar-refractivity contribution in [3.05, 3.63) is 57.9 Å². The van der Waals surface area contributed by atoms with Crippen LogP contribution >= 0.6 is 11.6 Å². The molecule has 2 N–H and O–H groups in total. The van der Waals surface area contributed by atoms with Crippen LogP contribution in [0, 0.1) is 10.1 Å². The number of halogens is 1. The van der Waals surface area contributed by atoms with Gasteiger partial charge in [-0.3, -0.25) is 10.1 Å². The monoisotopic (exact) mass is 415 g/mol. The van der Waals surface area contributed by atoms with Gasteiger partial charge in [0.25, 0.3) is 0 Å². The Morgan fingerprint density at radius 1 is 1.10 bits per heavy atom. The quantitative estimate of drug-likeness (QED) is 0.449. The van der Waals surface area contributed by atoms with E-state index < -0.39 is 4.92 Å². The third-order valence-electron chi connectivity index (χ3n) is 4.05. The van der Waals surface area contributed by atoms with Crippen molar-refractivity contribution >= 4 is 40.3 Å². The van der Waals surface area contributed by atoms with Gasteiger partial charge >= 0.3 is 5.69 Å². The van der Waals surface area contributed by atoms with Crippen LogP contribution in [0.2, 0.25) is 5.02 Å². The number of anilines is 4. The molecule has 0 amide bonds. The summed E-state index contributed by atoms with van der Waals surface area (Å²) in [4.78, 5) is 19.2. The van der Waals surface area contributed by atoms with Crippen molar-refractivity contribution in [2.24, 2.45) is 0 Å². The van der Waals surface area contributed by atoms with Gasteiger partial charge in [0.05, 0.1) is 17.7 Å². The highest BCUT2D eigenvalue weighted by atomic mass is 35.5. The zero-order chi connectivity index (χ0) is 20.4. The molecule has 2 aromatic carbocycles. The Balaban J connectivity index is 1.70. The number of nitrogens with zero attached hydrogens (tertiary/aromatic N) is 3. The van der Waals surface area contributed by atoms with Gasteiger partial charge in [0.1, 0.15) is 12.1 Å². The van der Waals surface area contributed by atoms with E-state index >= 15 is 0 Å².